The lowest BCUT2D eigenvalue weighted by atomic mass is 10.0. The Hall–Kier alpha value is -3.10. The van der Waals surface area contributed by atoms with Gasteiger partial charge in [-0.25, -0.2) is 12.8 Å². The summed E-state index contributed by atoms with van der Waals surface area (Å²) >= 11 is 6.19. The Bertz CT molecular complexity index is 1200. The highest BCUT2D eigenvalue weighted by atomic mass is 35.5. The van der Waals surface area contributed by atoms with Gasteiger partial charge in [-0.3, -0.25) is 9.52 Å². The van der Waals surface area contributed by atoms with Gasteiger partial charge >= 0.3 is 0 Å². The van der Waals surface area contributed by atoms with Gasteiger partial charge in [-0.2, -0.15) is 0 Å². The van der Waals surface area contributed by atoms with E-state index < -0.39 is 21.7 Å². The summed E-state index contributed by atoms with van der Waals surface area (Å²) in [6.45, 7) is 4.38. The average molecular weight is 490 g/mol. The molecular weight excluding hydrogens is 465 g/mol. The van der Waals surface area contributed by atoms with Gasteiger partial charge in [-0.05, 0) is 60.5 Å². The van der Waals surface area contributed by atoms with E-state index in [0.717, 1.165) is 17.8 Å². The summed E-state index contributed by atoms with van der Waals surface area (Å²) in [5.41, 5.74) is 1.17. The molecule has 0 saturated carbocycles. The van der Waals surface area contributed by atoms with Crippen LogP contribution in [-0.2, 0) is 10.0 Å². The number of halogens is 2. The van der Waals surface area contributed by atoms with Crippen LogP contribution in [0, 0.1) is 11.7 Å². The van der Waals surface area contributed by atoms with Crippen molar-refractivity contribution in [2.24, 2.45) is 5.92 Å². The summed E-state index contributed by atoms with van der Waals surface area (Å²) < 4.78 is 40.9. The Balaban J connectivity index is 1.73. The van der Waals surface area contributed by atoms with Crippen LogP contribution in [-0.4, -0.2) is 26.9 Å². The van der Waals surface area contributed by atoms with E-state index in [0.29, 0.717) is 6.54 Å². The number of rotatable bonds is 9. The number of sulfonamides is 1. The molecule has 0 radical (unpaired) electrons. The third-order valence-electron chi connectivity index (χ3n) is 5.00. The van der Waals surface area contributed by atoms with Gasteiger partial charge < -0.3 is 10.6 Å². The zero-order chi connectivity index (χ0) is 24.0. The summed E-state index contributed by atoms with van der Waals surface area (Å²) in [4.78, 5) is 12.7. The molecule has 1 amide bonds. The van der Waals surface area contributed by atoms with Crippen LogP contribution in [0.15, 0.2) is 77.7 Å². The second-order valence-corrected chi connectivity index (χ2v) is 9.91. The molecule has 3 aromatic rings. The number of carbonyl (C=O) groups excluding carboxylic acids is 1. The monoisotopic (exact) mass is 489 g/mol. The molecule has 33 heavy (non-hydrogen) atoms. The van der Waals surface area contributed by atoms with Crippen LogP contribution < -0.4 is 15.4 Å². The molecule has 9 heteroatoms. The van der Waals surface area contributed by atoms with E-state index in [9.17, 15) is 17.6 Å². The quantitative estimate of drug-likeness (QED) is 0.388. The molecule has 0 unspecified atom stereocenters. The van der Waals surface area contributed by atoms with Gasteiger partial charge in [0.25, 0.3) is 15.9 Å². The van der Waals surface area contributed by atoms with E-state index in [2.05, 4.69) is 15.4 Å². The Kier molecular flexibility index (Phi) is 7.94. The Morgan fingerprint density at radius 1 is 0.970 bits per heavy atom. The minimum Gasteiger partial charge on any atom is -0.380 e. The predicted octanol–water partition coefficient (Wildman–Crippen LogP) is 5.15. The highest BCUT2D eigenvalue weighted by Gasteiger charge is 2.21. The fraction of sp³-hybridized carbons (Fsp3) is 0.208. The van der Waals surface area contributed by atoms with Crippen molar-refractivity contribution in [1.82, 2.24) is 5.32 Å². The van der Waals surface area contributed by atoms with E-state index in [1.807, 2.05) is 44.2 Å². The van der Waals surface area contributed by atoms with Gasteiger partial charge in [-0.15, -0.1) is 0 Å². The lowest BCUT2D eigenvalue weighted by Gasteiger charge is -2.24. The van der Waals surface area contributed by atoms with Gasteiger partial charge in [0.2, 0.25) is 0 Å². The summed E-state index contributed by atoms with van der Waals surface area (Å²) in [5, 5.41) is 6.35. The fourth-order valence-corrected chi connectivity index (χ4v) is 4.37. The normalized spacial score (nSPS) is 12.3. The second kappa shape index (κ2) is 10.7. The zero-order valence-corrected chi connectivity index (χ0v) is 19.8. The first kappa shape index (κ1) is 24.5. The molecule has 0 spiro atoms. The number of anilines is 2. The SMILES string of the molecule is CC(C)[C@@H](CNC(=O)c1cc(S(=O)(=O)Nc2ccc(F)cc2)ccc1Cl)Nc1ccccc1. The maximum absolute atomic E-state index is 13.1. The molecule has 1 atom stereocenters. The van der Waals surface area contributed by atoms with Crippen molar-refractivity contribution >= 4 is 38.9 Å². The molecule has 174 valence electrons. The molecule has 6 nitrogen and oxygen atoms in total. The molecule has 3 N–H and O–H groups in total. The topological polar surface area (TPSA) is 87.3 Å². The standard InChI is InChI=1S/C24H25ClFN3O3S/c1-16(2)23(28-18-6-4-3-5-7-18)15-27-24(30)21-14-20(12-13-22(21)25)33(31,32)29-19-10-8-17(26)9-11-19/h3-14,16,23,28-29H,15H2,1-2H3,(H,27,30)/t23-/m1/s1. The lowest BCUT2D eigenvalue weighted by Crippen LogP contribution is -2.39. The maximum atomic E-state index is 13.1. The first-order chi connectivity index (χ1) is 15.7. The largest absolute Gasteiger partial charge is 0.380 e. The Morgan fingerprint density at radius 2 is 1.64 bits per heavy atom. The van der Waals surface area contributed by atoms with Gasteiger partial charge in [0, 0.05) is 24.0 Å². The van der Waals surface area contributed by atoms with Crippen LogP contribution in [0.2, 0.25) is 5.02 Å². The van der Waals surface area contributed by atoms with Crippen molar-refractivity contribution in [3.05, 3.63) is 89.2 Å². The molecule has 0 saturated heterocycles. The average Bonchev–Trinajstić information content (AvgIpc) is 2.78. The molecule has 0 aliphatic carbocycles. The van der Waals surface area contributed by atoms with Gasteiger partial charge in [0.1, 0.15) is 5.82 Å². The minimum atomic E-state index is -4.01. The van der Waals surface area contributed by atoms with Crippen LogP contribution in [0.4, 0.5) is 15.8 Å². The van der Waals surface area contributed by atoms with Crippen molar-refractivity contribution in [2.45, 2.75) is 24.8 Å². The molecule has 3 aromatic carbocycles. The third kappa shape index (κ3) is 6.69. The van der Waals surface area contributed by atoms with E-state index >= 15 is 0 Å². The van der Waals surface area contributed by atoms with E-state index in [4.69, 9.17) is 11.6 Å². The summed E-state index contributed by atoms with van der Waals surface area (Å²) in [6.07, 6.45) is 0. The molecule has 0 aromatic heterocycles. The molecule has 3 rings (SSSR count). The minimum absolute atomic E-state index is 0.0425. The Morgan fingerprint density at radius 3 is 2.27 bits per heavy atom. The van der Waals surface area contributed by atoms with Crippen LogP contribution >= 0.6 is 11.6 Å². The zero-order valence-electron chi connectivity index (χ0n) is 18.2. The van der Waals surface area contributed by atoms with Gasteiger partial charge in [-0.1, -0.05) is 43.6 Å². The highest BCUT2D eigenvalue weighted by molar-refractivity contribution is 7.92. The summed E-state index contributed by atoms with van der Waals surface area (Å²) in [7, 11) is -4.01. The number of nitrogens with one attached hydrogen (secondary N) is 3. The predicted molar refractivity (Wildman–Crippen MR) is 130 cm³/mol. The first-order valence-electron chi connectivity index (χ1n) is 10.3. The van der Waals surface area contributed by atoms with E-state index in [-0.39, 0.29) is 33.1 Å². The van der Waals surface area contributed by atoms with Crippen molar-refractivity contribution in [1.29, 1.82) is 0 Å². The number of hydrogen-bond acceptors (Lipinski definition) is 4. The highest BCUT2D eigenvalue weighted by Crippen LogP contribution is 2.23. The number of amides is 1. The smallest absolute Gasteiger partial charge is 0.261 e. The van der Waals surface area contributed by atoms with Gasteiger partial charge in [0.15, 0.2) is 0 Å². The van der Waals surface area contributed by atoms with Crippen LogP contribution in [0.25, 0.3) is 0 Å². The van der Waals surface area contributed by atoms with Crippen LogP contribution in [0.1, 0.15) is 24.2 Å². The van der Waals surface area contributed by atoms with Crippen LogP contribution in [0.5, 0.6) is 0 Å². The molecule has 0 heterocycles. The fourth-order valence-electron chi connectivity index (χ4n) is 3.08. The lowest BCUT2D eigenvalue weighted by molar-refractivity contribution is 0.0950. The third-order valence-corrected chi connectivity index (χ3v) is 6.71. The molecule has 0 fully saturated rings. The van der Waals surface area contributed by atoms with Crippen molar-refractivity contribution < 1.29 is 17.6 Å². The van der Waals surface area contributed by atoms with Gasteiger partial charge in [0.05, 0.1) is 15.5 Å². The van der Waals surface area contributed by atoms with Crippen molar-refractivity contribution in [3.63, 3.8) is 0 Å². The molecule has 0 aliphatic rings. The second-order valence-electron chi connectivity index (χ2n) is 7.82. The first-order valence-corrected chi connectivity index (χ1v) is 12.2. The van der Waals surface area contributed by atoms with Crippen molar-refractivity contribution in [3.8, 4) is 0 Å². The maximum Gasteiger partial charge on any atom is 0.261 e. The molecule has 0 bridgehead atoms. The number of carbonyl (C=O) groups is 1. The van der Waals surface area contributed by atoms with Crippen LogP contribution in [0.3, 0.4) is 0 Å². The molecular formula is C24H25ClFN3O3S. The summed E-state index contributed by atoms with van der Waals surface area (Å²) in [6, 6.07) is 18.4. The van der Waals surface area contributed by atoms with E-state index in [1.165, 1.54) is 30.3 Å². The number of hydrogen-bond donors (Lipinski definition) is 3. The Labute approximate surface area is 198 Å². The van der Waals surface area contributed by atoms with Crippen molar-refractivity contribution in [2.75, 3.05) is 16.6 Å². The number of benzene rings is 3. The summed E-state index contributed by atoms with van der Waals surface area (Å²) in [5.74, 6) is -0.753. The molecule has 0 aliphatic heterocycles. The van der Waals surface area contributed by atoms with E-state index in [1.54, 1.807) is 0 Å². The number of para-hydroxylation sites is 1.